The Labute approximate surface area is 250 Å². The zero-order chi connectivity index (χ0) is 29.5. The number of imidazole rings is 1. The molecule has 212 valence electrons. The number of nitrogens with one attached hydrogen (secondary N) is 2. The summed E-state index contributed by atoms with van der Waals surface area (Å²) >= 11 is 12.7. The molecule has 1 aliphatic carbocycles. The van der Waals surface area contributed by atoms with Crippen molar-refractivity contribution in [1.82, 2.24) is 15.3 Å². The van der Waals surface area contributed by atoms with Gasteiger partial charge in [-0.15, -0.1) is 0 Å². The van der Waals surface area contributed by atoms with Crippen molar-refractivity contribution in [2.45, 2.75) is 18.9 Å². The van der Waals surface area contributed by atoms with Crippen LogP contribution in [0.4, 0.5) is 4.39 Å². The minimum Gasteiger partial charge on any atom is -0.494 e. The first-order chi connectivity index (χ1) is 20.2. The molecule has 1 fully saturated rings. The van der Waals surface area contributed by atoms with E-state index in [9.17, 15) is 19.1 Å². The molecule has 5 aromatic rings. The summed E-state index contributed by atoms with van der Waals surface area (Å²) in [4.78, 5) is 33.6. The number of aromatic carboxylic acids is 1. The van der Waals surface area contributed by atoms with E-state index in [-0.39, 0.29) is 33.8 Å². The Bertz CT molecular complexity index is 1850. The first-order valence-corrected chi connectivity index (χ1v) is 13.9. The number of fused-ring (bicyclic) bond motifs is 1. The first kappa shape index (κ1) is 27.8. The summed E-state index contributed by atoms with van der Waals surface area (Å²) in [7, 11) is 1.37. The third kappa shape index (κ3) is 5.31. The van der Waals surface area contributed by atoms with Gasteiger partial charge in [0.25, 0.3) is 5.91 Å². The fourth-order valence-corrected chi connectivity index (χ4v) is 5.57. The number of carbonyl (C=O) groups is 2. The number of amides is 1. The number of ether oxygens (including phenoxy) is 1. The molecule has 1 aromatic heterocycles. The van der Waals surface area contributed by atoms with Crippen molar-refractivity contribution in [3.05, 3.63) is 105 Å². The number of hydrogen-bond acceptors (Lipinski definition) is 4. The highest BCUT2D eigenvalue weighted by molar-refractivity contribution is 6.34. The molecule has 1 amide bonds. The van der Waals surface area contributed by atoms with Gasteiger partial charge in [-0.3, -0.25) is 4.79 Å². The van der Waals surface area contributed by atoms with Crippen LogP contribution in [0.3, 0.4) is 0 Å². The lowest BCUT2D eigenvalue weighted by Gasteiger charge is -2.20. The van der Waals surface area contributed by atoms with Crippen LogP contribution in [0, 0.1) is 11.7 Å². The lowest BCUT2D eigenvalue weighted by Crippen LogP contribution is -2.30. The Morgan fingerprint density at radius 2 is 1.81 bits per heavy atom. The van der Waals surface area contributed by atoms with Crippen molar-refractivity contribution in [3.63, 3.8) is 0 Å². The third-order valence-corrected chi connectivity index (χ3v) is 7.98. The van der Waals surface area contributed by atoms with Gasteiger partial charge in [0.1, 0.15) is 5.82 Å². The van der Waals surface area contributed by atoms with Crippen LogP contribution in [-0.2, 0) is 0 Å². The lowest BCUT2D eigenvalue weighted by atomic mass is 9.93. The summed E-state index contributed by atoms with van der Waals surface area (Å²) in [6, 6.07) is 19.5. The van der Waals surface area contributed by atoms with E-state index >= 15 is 0 Å². The van der Waals surface area contributed by atoms with E-state index in [2.05, 4.69) is 15.3 Å². The van der Waals surface area contributed by atoms with Gasteiger partial charge >= 0.3 is 5.97 Å². The van der Waals surface area contributed by atoms with Crippen LogP contribution in [0.5, 0.6) is 5.75 Å². The second kappa shape index (κ2) is 11.1. The van der Waals surface area contributed by atoms with Crippen LogP contribution in [0.15, 0.2) is 72.8 Å². The maximum atomic E-state index is 14.3. The molecule has 10 heteroatoms. The van der Waals surface area contributed by atoms with Gasteiger partial charge in [-0.05, 0) is 60.2 Å². The van der Waals surface area contributed by atoms with Crippen LogP contribution >= 0.6 is 23.2 Å². The number of H-pyrrole nitrogens is 1. The number of methoxy groups -OCH3 is 1. The van der Waals surface area contributed by atoms with E-state index < -0.39 is 11.8 Å². The Morgan fingerprint density at radius 3 is 2.50 bits per heavy atom. The van der Waals surface area contributed by atoms with Crippen LogP contribution < -0.4 is 10.1 Å². The number of rotatable bonds is 8. The second-order valence-corrected chi connectivity index (χ2v) is 11.0. The summed E-state index contributed by atoms with van der Waals surface area (Å²) in [5, 5.41) is 14.2. The monoisotopic (exact) mass is 603 g/mol. The molecule has 0 bridgehead atoms. The third-order valence-electron chi connectivity index (χ3n) is 7.41. The van der Waals surface area contributed by atoms with Gasteiger partial charge < -0.3 is 20.1 Å². The second-order valence-electron chi connectivity index (χ2n) is 10.2. The molecule has 6 rings (SSSR count). The number of halogens is 3. The van der Waals surface area contributed by atoms with Crippen molar-refractivity contribution in [2.75, 3.05) is 7.11 Å². The van der Waals surface area contributed by atoms with Crippen molar-refractivity contribution in [2.24, 2.45) is 5.92 Å². The number of aromatic nitrogens is 2. The molecule has 0 aliphatic heterocycles. The van der Waals surface area contributed by atoms with Gasteiger partial charge in [-0.1, -0.05) is 53.5 Å². The molecule has 1 saturated carbocycles. The summed E-state index contributed by atoms with van der Waals surface area (Å²) < 4.78 is 19.4. The molecule has 0 radical (unpaired) electrons. The van der Waals surface area contributed by atoms with Crippen LogP contribution in [0.25, 0.3) is 33.5 Å². The van der Waals surface area contributed by atoms with Gasteiger partial charge in [0.05, 0.1) is 29.7 Å². The highest BCUT2D eigenvalue weighted by Crippen LogP contribution is 2.42. The molecule has 4 aromatic carbocycles. The van der Waals surface area contributed by atoms with Crippen LogP contribution in [-0.4, -0.2) is 34.1 Å². The molecule has 42 heavy (non-hydrogen) atoms. The van der Waals surface area contributed by atoms with E-state index in [0.717, 1.165) is 18.4 Å². The fourth-order valence-electron chi connectivity index (χ4n) is 5.17. The summed E-state index contributed by atoms with van der Waals surface area (Å²) in [5.74, 6) is -1.44. The zero-order valence-electron chi connectivity index (χ0n) is 22.3. The molecule has 0 saturated heterocycles. The lowest BCUT2D eigenvalue weighted by molar-refractivity contribution is 0.0697. The standard InChI is InChI=1S/C32H24Cl2FN3O4/c1-42-27-15-26-25(14-24(27)35)36-30(37-26)21-3-2-4-23(34)28(21)20-12-9-18(13-22(20)32(40)41)31(39)38-29(16-5-6-16)17-7-10-19(33)11-8-17/h2-4,7-16,29H,5-6H2,1H3,(H,36,37)(H,38,39)(H,40,41)/t29-/m0/s1. The van der Waals surface area contributed by atoms with Crippen molar-refractivity contribution >= 4 is 46.1 Å². The number of carboxylic acid groups (broad SMARTS) is 1. The molecule has 0 spiro atoms. The minimum absolute atomic E-state index is 0.0499. The topological polar surface area (TPSA) is 104 Å². The number of carbonyl (C=O) groups excluding carboxylic acids is 1. The zero-order valence-corrected chi connectivity index (χ0v) is 23.8. The number of benzene rings is 4. The molecule has 1 heterocycles. The van der Waals surface area contributed by atoms with Gasteiger partial charge in [0.15, 0.2) is 11.6 Å². The maximum Gasteiger partial charge on any atom is 0.336 e. The molecule has 1 atom stereocenters. The van der Waals surface area contributed by atoms with Crippen LogP contribution in [0.2, 0.25) is 10.0 Å². The van der Waals surface area contributed by atoms with Crippen molar-refractivity contribution in [3.8, 4) is 28.3 Å². The van der Waals surface area contributed by atoms with Gasteiger partial charge in [-0.25, -0.2) is 14.2 Å². The Kier molecular flexibility index (Phi) is 7.35. The summed E-state index contributed by atoms with van der Waals surface area (Å²) in [6.07, 6.45) is 1.98. The Hall–Kier alpha value is -4.40. The van der Waals surface area contributed by atoms with Crippen molar-refractivity contribution in [1.29, 1.82) is 0 Å². The average molecular weight is 604 g/mol. The summed E-state index contributed by atoms with van der Waals surface area (Å²) in [6.45, 7) is 0. The number of aromatic amines is 1. The highest BCUT2D eigenvalue weighted by atomic mass is 35.5. The molecular weight excluding hydrogens is 580 g/mol. The molecule has 0 unspecified atom stereocenters. The average Bonchev–Trinajstić information content (AvgIpc) is 3.74. The van der Waals surface area contributed by atoms with E-state index in [0.29, 0.717) is 44.5 Å². The van der Waals surface area contributed by atoms with Gasteiger partial charge in [-0.2, -0.15) is 0 Å². The first-order valence-electron chi connectivity index (χ1n) is 13.2. The van der Waals surface area contributed by atoms with Crippen LogP contribution in [0.1, 0.15) is 45.2 Å². The van der Waals surface area contributed by atoms with Gasteiger partial charge in [0, 0.05) is 38.9 Å². The predicted octanol–water partition coefficient (Wildman–Crippen LogP) is 7.93. The molecular formula is C32H24Cl2FN3O4. The minimum atomic E-state index is -1.22. The summed E-state index contributed by atoms with van der Waals surface area (Å²) in [5.41, 5.74) is 3.16. The maximum absolute atomic E-state index is 14.3. The number of carboxylic acids is 1. The highest BCUT2D eigenvalue weighted by Gasteiger charge is 2.34. The van der Waals surface area contributed by atoms with E-state index in [1.54, 1.807) is 42.5 Å². The molecule has 1 aliphatic rings. The number of hydrogen-bond donors (Lipinski definition) is 3. The quantitative estimate of drug-likeness (QED) is 0.167. The van der Waals surface area contributed by atoms with E-state index in [4.69, 9.17) is 27.9 Å². The Morgan fingerprint density at radius 1 is 1.05 bits per heavy atom. The van der Waals surface area contributed by atoms with E-state index in [1.807, 2.05) is 12.1 Å². The van der Waals surface area contributed by atoms with E-state index in [1.165, 1.54) is 25.3 Å². The number of nitrogens with zero attached hydrogens (tertiary/aromatic N) is 1. The Balaban J connectivity index is 1.39. The SMILES string of the molecule is COc1cc2nc(-c3cccc(Cl)c3-c3ccc(C(=O)N[C@H](c4ccc(Cl)cc4)C4CC4)cc3C(=O)O)[nH]c2cc1F. The fraction of sp³-hybridized carbons (Fsp3) is 0.156. The normalized spacial score (nSPS) is 13.6. The van der Waals surface area contributed by atoms with Crippen molar-refractivity contribution < 1.29 is 23.8 Å². The predicted molar refractivity (Wildman–Crippen MR) is 160 cm³/mol. The largest absolute Gasteiger partial charge is 0.494 e. The smallest absolute Gasteiger partial charge is 0.336 e. The van der Waals surface area contributed by atoms with Gasteiger partial charge in [0.2, 0.25) is 0 Å². The molecule has 7 nitrogen and oxygen atoms in total. The molecule has 3 N–H and O–H groups in total.